The van der Waals surface area contributed by atoms with E-state index in [1.165, 1.54) is 0 Å². The molecule has 2 rings (SSSR count). The molecule has 7 heteroatoms. The van der Waals surface area contributed by atoms with Crippen molar-refractivity contribution in [2.75, 3.05) is 20.8 Å². The van der Waals surface area contributed by atoms with Crippen molar-refractivity contribution in [1.29, 1.82) is 0 Å². The van der Waals surface area contributed by atoms with Crippen LogP contribution in [0.3, 0.4) is 0 Å². The number of esters is 1. The summed E-state index contributed by atoms with van der Waals surface area (Å²) in [5, 5.41) is 2.70. The third-order valence-corrected chi connectivity index (χ3v) is 4.04. The maximum Gasteiger partial charge on any atom is 0.338 e. The maximum absolute atomic E-state index is 12.1. The van der Waals surface area contributed by atoms with Crippen molar-refractivity contribution < 1.29 is 28.5 Å². The zero-order valence-electron chi connectivity index (χ0n) is 17.2. The van der Waals surface area contributed by atoms with E-state index >= 15 is 0 Å². The predicted octanol–water partition coefficient (Wildman–Crippen LogP) is 3.10. The number of rotatable bonds is 10. The standard InChI is InChI=1S/C22H27NO6/c1-15(2)28-13-16-5-8-18(9-6-16)22(25)29-14-21(24)23-12-17-7-10-19(26-3)20(11-17)27-4/h5-11,15H,12-14H2,1-4H3,(H,23,24). The summed E-state index contributed by atoms with van der Waals surface area (Å²) >= 11 is 0. The van der Waals surface area contributed by atoms with E-state index in [9.17, 15) is 9.59 Å². The van der Waals surface area contributed by atoms with E-state index in [4.69, 9.17) is 18.9 Å². The number of benzene rings is 2. The topological polar surface area (TPSA) is 83.1 Å². The Morgan fingerprint density at radius 2 is 1.59 bits per heavy atom. The molecule has 1 amide bonds. The van der Waals surface area contributed by atoms with Crippen LogP contribution in [0.1, 0.15) is 35.3 Å². The molecule has 156 valence electrons. The van der Waals surface area contributed by atoms with E-state index < -0.39 is 11.9 Å². The summed E-state index contributed by atoms with van der Waals surface area (Å²) < 4.78 is 21.0. The fraction of sp³-hybridized carbons (Fsp3) is 0.364. The Bertz CT molecular complexity index is 817. The SMILES string of the molecule is COc1ccc(CNC(=O)COC(=O)c2ccc(COC(C)C)cc2)cc1OC. The number of carbonyl (C=O) groups is 2. The van der Waals surface area contributed by atoms with Crippen molar-refractivity contribution in [3.05, 3.63) is 59.2 Å². The lowest BCUT2D eigenvalue weighted by Crippen LogP contribution is -2.28. The van der Waals surface area contributed by atoms with Crippen LogP contribution in [0.2, 0.25) is 0 Å². The first kappa shape index (κ1) is 22.2. The van der Waals surface area contributed by atoms with Crippen LogP contribution in [0.15, 0.2) is 42.5 Å². The Kier molecular flexibility index (Phi) is 8.48. The van der Waals surface area contributed by atoms with Gasteiger partial charge in [-0.05, 0) is 49.2 Å². The molecule has 0 saturated heterocycles. The molecule has 0 fully saturated rings. The Balaban J connectivity index is 1.79. The summed E-state index contributed by atoms with van der Waals surface area (Å²) in [4.78, 5) is 24.1. The highest BCUT2D eigenvalue weighted by atomic mass is 16.5. The van der Waals surface area contributed by atoms with Gasteiger partial charge < -0.3 is 24.3 Å². The fourth-order valence-electron chi connectivity index (χ4n) is 2.46. The van der Waals surface area contributed by atoms with E-state index in [0.717, 1.165) is 11.1 Å². The van der Waals surface area contributed by atoms with Crippen LogP contribution in [-0.4, -0.2) is 38.8 Å². The molecule has 29 heavy (non-hydrogen) atoms. The highest BCUT2D eigenvalue weighted by molar-refractivity contribution is 5.91. The average Bonchev–Trinajstić information content (AvgIpc) is 2.74. The Morgan fingerprint density at radius 3 is 2.21 bits per heavy atom. The first-order valence-corrected chi connectivity index (χ1v) is 9.28. The quantitative estimate of drug-likeness (QED) is 0.616. The maximum atomic E-state index is 12.1. The van der Waals surface area contributed by atoms with Gasteiger partial charge in [0.05, 0.1) is 32.5 Å². The zero-order chi connectivity index (χ0) is 21.2. The van der Waals surface area contributed by atoms with Gasteiger partial charge in [0.25, 0.3) is 5.91 Å². The summed E-state index contributed by atoms with van der Waals surface area (Å²) in [5.74, 6) is 0.240. The van der Waals surface area contributed by atoms with Crippen LogP contribution >= 0.6 is 0 Å². The molecule has 0 heterocycles. The molecule has 1 N–H and O–H groups in total. The van der Waals surface area contributed by atoms with Crippen molar-refractivity contribution in [3.63, 3.8) is 0 Å². The molecule has 0 atom stereocenters. The highest BCUT2D eigenvalue weighted by Crippen LogP contribution is 2.27. The van der Waals surface area contributed by atoms with Gasteiger partial charge in [-0.15, -0.1) is 0 Å². The largest absolute Gasteiger partial charge is 0.493 e. The first-order chi connectivity index (χ1) is 13.9. The van der Waals surface area contributed by atoms with Crippen LogP contribution in [0.5, 0.6) is 11.5 Å². The summed E-state index contributed by atoms with van der Waals surface area (Å²) in [6, 6.07) is 12.3. The monoisotopic (exact) mass is 401 g/mol. The van der Waals surface area contributed by atoms with Gasteiger partial charge in [-0.1, -0.05) is 18.2 Å². The molecule has 2 aromatic carbocycles. The first-order valence-electron chi connectivity index (χ1n) is 9.28. The number of hydrogen-bond donors (Lipinski definition) is 1. The lowest BCUT2D eigenvalue weighted by molar-refractivity contribution is -0.124. The minimum atomic E-state index is -0.553. The number of methoxy groups -OCH3 is 2. The third kappa shape index (κ3) is 7.12. The molecule has 0 aromatic heterocycles. The Labute approximate surface area is 170 Å². The second kappa shape index (κ2) is 11.1. The van der Waals surface area contributed by atoms with Crippen LogP contribution in [-0.2, 0) is 27.4 Å². The second-order valence-corrected chi connectivity index (χ2v) is 6.60. The zero-order valence-corrected chi connectivity index (χ0v) is 17.2. The van der Waals surface area contributed by atoms with Crippen molar-refractivity contribution in [1.82, 2.24) is 5.32 Å². The Hall–Kier alpha value is -3.06. The van der Waals surface area contributed by atoms with Gasteiger partial charge in [-0.25, -0.2) is 4.79 Å². The molecule has 0 unspecified atom stereocenters. The van der Waals surface area contributed by atoms with Crippen molar-refractivity contribution >= 4 is 11.9 Å². The molecule has 0 aliphatic carbocycles. The van der Waals surface area contributed by atoms with Crippen LogP contribution in [0.4, 0.5) is 0 Å². The van der Waals surface area contributed by atoms with E-state index in [-0.39, 0.29) is 19.3 Å². The van der Waals surface area contributed by atoms with Gasteiger partial charge in [-0.3, -0.25) is 4.79 Å². The van der Waals surface area contributed by atoms with Gasteiger partial charge in [0, 0.05) is 6.54 Å². The molecule has 0 radical (unpaired) electrons. The van der Waals surface area contributed by atoms with E-state index in [2.05, 4.69) is 5.32 Å². The third-order valence-electron chi connectivity index (χ3n) is 4.04. The number of ether oxygens (including phenoxy) is 4. The normalized spacial score (nSPS) is 10.5. The van der Waals surface area contributed by atoms with Crippen molar-refractivity contribution in [2.45, 2.75) is 33.1 Å². The van der Waals surface area contributed by atoms with Gasteiger partial charge in [-0.2, -0.15) is 0 Å². The van der Waals surface area contributed by atoms with E-state index in [0.29, 0.717) is 23.7 Å². The molecule has 7 nitrogen and oxygen atoms in total. The Morgan fingerprint density at radius 1 is 0.931 bits per heavy atom. The van der Waals surface area contributed by atoms with Gasteiger partial charge in [0.15, 0.2) is 18.1 Å². The van der Waals surface area contributed by atoms with Crippen molar-refractivity contribution in [3.8, 4) is 11.5 Å². The fourth-order valence-corrected chi connectivity index (χ4v) is 2.46. The molecule has 0 spiro atoms. The lowest BCUT2D eigenvalue weighted by atomic mass is 10.1. The summed E-state index contributed by atoms with van der Waals surface area (Å²) in [6.07, 6.45) is 0.136. The van der Waals surface area contributed by atoms with Crippen LogP contribution in [0, 0.1) is 0 Å². The van der Waals surface area contributed by atoms with Gasteiger partial charge >= 0.3 is 5.97 Å². The molecule has 0 aliphatic heterocycles. The molecule has 0 aliphatic rings. The second-order valence-electron chi connectivity index (χ2n) is 6.60. The molecular formula is C22H27NO6. The summed E-state index contributed by atoms with van der Waals surface area (Å²) in [7, 11) is 3.10. The number of amides is 1. The van der Waals surface area contributed by atoms with Crippen LogP contribution < -0.4 is 14.8 Å². The van der Waals surface area contributed by atoms with E-state index in [1.807, 2.05) is 19.9 Å². The van der Waals surface area contributed by atoms with E-state index in [1.54, 1.807) is 50.6 Å². The summed E-state index contributed by atoms with van der Waals surface area (Å²) in [5.41, 5.74) is 2.18. The molecular weight excluding hydrogens is 374 g/mol. The lowest BCUT2D eigenvalue weighted by Gasteiger charge is -2.11. The summed E-state index contributed by atoms with van der Waals surface area (Å²) in [6.45, 7) is 4.32. The predicted molar refractivity (Wildman–Crippen MR) is 108 cm³/mol. The minimum absolute atomic E-state index is 0.136. The molecule has 2 aromatic rings. The van der Waals surface area contributed by atoms with Gasteiger partial charge in [0.1, 0.15) is 0 Å². The number of nitrogens with one attached hydrogen (secondary N) is 1. The number of carbonyl (C=O) groups excluding carboxylic acids is 2. The average molecular weight is 401 g/mol. The number of hydrogen-bond acceptors (Lipinski definition) is 6. The smallest absolute Gasteiger partial charge is 0.338 e. The van der Waals surface area contributed by atoms with Gasteiger partial charge in [0.2, 0.25) is 0 Å². The minimum Gasteiger partial charge on any atom is -0.493 e. The van der Waals surface area contributed by atoms with Crippen molar-refractivity contribution in [2.24, 2.45) is 0 Å². The van der Waals surface area contributed by atoms with Crippen LogP contribution in [0.25, 0.3) is 0 Å². The highest BCUT2D eigenvalue weighted by Gasteiger charge is 2.11. The molecule has 0 bridgehead atoms. The molecule has 0 saturated carbocycles.